The van der Waals surface area contributed by atoms with Gasteiger partial charge < -0.3 is 15.7 Å². The van der Waals surface area contributed by atoms with Gasteiger partial charge in [-0.3, -0.25) is 19.3 Å². The number of hydrogen-bond acceptors (Lipinski definition) is 4. The van der Waals surface area contributed by atoms with Crippen LogP contribution in [0.3, 0.4) is 0 Å². The molecule has 8 nitrogen and oxygen atoms in total. The largest absolute Gasteiger partial charge is 0.480 e. The fraction of sp³-hybridized carbons (Fsp3) is 0.154. The summed E-state index contributed by atoms with van der Waals surface area (Å²) in [6.45, 7) is 0.421. The van der Waals surface area contributed by atoms with Gasteiger partial charge in [-0.1, -0.05) is 36.4 Å². The maximum Gasteiger partial charge on any atom is 0.416 e. The van der Waals surface area contributed by atoms with Gasteiger partial charge in [0.1, 0.15) is 6.54 Å². The Bertz CT molecular complexity index is 1320. The molecule has 0 aromatic heterocycles. The Morgan fingerprint density at radius 3 is 2.22 bits per heavy atom. The lowest BCUT2D eigenvalue weighted by molar-refractivity contribution is -0.138. The maximum absolute atomic E-state index is 13.1. The smallest absolute Gasteiger partial charge is 0.416 e. The van der Waals surface area contributed by atoms with Crippen molar-refractivity contribution in [3.05, 3.63) is 95.1 Å². The third-order valence-corrected chi connectivity index (χ3v) is 5.18. The molecule has 192 valence electrons. The maximum atomic E-state index is 13.1. The van der Waals surface area contributed by atoms with Gasteiger partial charge in [-0.05, 0) is 48.9 Å². The number of para-hydroxylation sites is 1. The second kappa shape index (κ2) is 11.4. The summed E-state index contributed by atoms with van der Waals surface area (Å²) in [6.07, 6.45) is -4.58. The molecule has 0 radical (unpaired) electrons. The molecule has 0 heterocycles. The summed E-state index contributed by atoms with van der Waals surface area (Å²) in [5.41, 5.74) is 0.200. The molecule has 3 aromatic rings. The van der Waals surface area contributed by atoms with E-state index < -0.39 is 48.5 Å². The van der Waals surface area contributed by atoms with E-state index in [0.29, 0.717) is 5.69 Å². The number of nitrogens with one attached hydrogen (secondary N) is 2. The van der Waals surface area contributed by atoms with Crippen LogP contribution in [-0.2, 0) is 15.8 Å². The van der Waals surface area contributed by atoms with Crippen molar-refractivity contribution in [1.29, 1.82) is 0 Å². The molecule has 3 rings (SSSR count). The first kappa shape index (κ1) is 26.9. The number of benzene rings is 3. The summed E-state index contributed by atoms with van der Waals surface area (Å²) in [5.74, 6) is -2.92. The number of amides is 3. The summed E-state index contributed by atoms with van der Waals surface area (Å²) >= 11 is 0. The van der Waals surface area contributed by atoms with Crippen LogP contribution in [-0.4, -0.2) is 41.9 Å². The molecule has 0 spiro atoms. The highest BCUT2D eigenvalue weighted by atomic mass is 19.4. The van der Waals surface area contributed by atoms with E-state index in [1.54, 1.807) is 18.2 Å². The minimum Gasteiger partial charge on any atom is -0.480 e. The normalized spacial score (nSPS) is 10.9. The molecule has 3 aromatic carbocycles. The van der Waals surface area contributed by atoms with Gasteiger partial charge in [0, 0.05) is 16.8 Å². The van der Waals surface area contributed by atoms with Crippen molar-refractivity contribution in [1.82, 2.24) is 5.32 Å². The second-order valence-electron chi connectivity index (χ2n) is 7.97. The number of aryl methyl sites for hydroxylation is 1. The summed E-state index contributed by atoms with van der Waals surface area (Å²) in [6, 6.07) is 15.3. The number of halogens is 3. The Morgan fingerprint density at radius 2 is 1.59 bits per heavy atom. The van der Waals surface area contributed by atoms with Gasteiger partial charge in [0.2, 0.25) is 5.91 Å². The van der Waals surface area contributed by atoms with Crippen LogP contribution in [0.5, 0.6) is 0 Å². The van der Waals surface area contributed by atoms with E-state index in [1.165, 1.54) is 24.3 Å². The van der Waals surface area contributed by atoms with Gasteiger partial charge in [0.25, 0.3) is 0 Å². The summed E-state index contributed by atoms with van der Waals surface area (Å²) in [7, 11) is 0. The number of carboxylic acid groups (broad SMARTS) is 1. The van der Waals surface area contributed by atoms with Crippen LogP contribution in [0.15, 0.2) is 72.8 Å². The highest BCUT2D eigenvalue weighted by Gasteiger charge is 2.30. The molecule has 0 saturated carbocycles. The SMILES string of the molecule is Cc1cccc(NC(=O)NCC(=O)N(CC(=O)O)c2ccccc2C(=O)c2ccc(C(F)(F)F)cc2)c1. The third-order valence-electron chi connectivity index (χ3n) is 5.18. The number of nitrogens with zero attached hydrogens (tertiary/aromatic N) is 1. The molecule has 0 atom stereocenters. The topological polar surface area (TPSA) is 116 Å². The van der Waals surface area contributed by atoms with Crippen molar-refractivity contribution in [3.63, 3.8) is 0 Å². The lowest BCUT2D eigenvalue weighted by Crippen LogP contribution is -2.44. The molecule has 3 N–H and O–H groups in total. The zero-order valence-corrected chi connectivity index (χ0v) is 19.5. The first-order valence-electron chi connectivity index (χ1n) is 10.9. The highest BCUT2D eigenvalue weighted by Crippen LogP contribution is 2.30. The molecule has 37 heavy (non-hydrogen) atoms. The van der Waals surface area contributed by atoms with Crippen molar-refractivity contribution in [3.8, 4) is 0 Å². The molecule has 3 amide bonds. The van der Waals surface area contributed by atoms with E-state index in [0.717, 1.165) is 34.7 Å². The Labute approximate surface area is 209 Å². The van der Waals surface area contributed by atoms with Gasteiger partial charge in [0.05, 0.1) is 17.8 Å². The van der Waals surface area contributed by atoms with Gasteiger partial charge in [0.15, 0.2) is 5.78 Å². The van der Waals surface area contributed by atoms with Crippen LogP contribution in [0, 0.1) is 6.92 Å². The number of anilines is 2. The summed E-state index contributed by atoms with van der Waals surface area (Å²) in [5, 5.41) is 14.3. The minimum atomic E-state index is -4.58. The highest BCUT2D eigenvalue weighted by molar-refractivity contribution is 6.15. The van der Waals surface area contributed by atoms with Crippen LogP contribution < -0.4 is 15.5 Å². The zero-order valence-electron chi connectivity index (χ0n) is 19.5. The molecule has 0 aliphatic rings. The Kier molecular flexibility index (Phi) is 8.28. The average molecular weight is 513 g/mol. The first-order chi connectivity index (χ1) is 17.5. The molecule has 0 saturated heterocycles. The lowest BCUT2D eigenvalue weighted by atomic mass is 9.99. The Hall–Kier alpha value is -4.67. The molecular weight excluding hydrogens is 491 g/mol. The lowest BCUT2D eigenvalue weighted by Gasteiger charge is -2.23. The molecule has 0 aliphatic carbocycles. The van der Waals surface area contributed by atoms with Gasteiger partial charge in [-0.15, -0.1) is 0 Å². The first-order valence-corrected chi connectivity index (χ1v) is 10.9. The molecule has 0 unspecified atom stereocenters. The average Bonchev–Trinajstić information content (AvgIpc) is 2.85. The number of ketones is 1. The van der Waals surface area contributed by atoms with E-state index in [1.807, 2.05) is 13.0 Å². The number of carbonyl (C=O) groups excluding carboxylic acids is 3. The van der Waals surface area contributed by atoms with Crippen molar-refractivity contribution >= 4 is 35.1 Å². The monoisotopic (exact) mass is 513 g/mol. The van der Waals surface area contributed by atoms with Crippen LogP contribution in [0.4, 0.5) is 29.3 Å². The predicted octanol–water partition coefficient (Wildman–Crippen LogP) is 4.48. The number of hydrogen-bond donors (Lipinski definition) is 3. The van der Waals surface area contributed by atoms with Gasteiger partial charge >= 0.3 is 18.2 Å². The quantitative estimate of drug-likeness (QED) is 0.384. The van der Waals surface area contributed by atoms with E-state index in [2.05, 4.69) is 10.6 Å². The molecule has 11 heteroatoms. The third kappa shape index (κ3) is 7.17. The second-order valence-corrected chi connectivity index (χ2v) is 7.97. The number of alkyl halides is 3. The molecule has 0 bridgehead atoms. The van der Waals surface area contributed by atoms with Crippen LogP contribution in [0.1, 0.15) is 27.0 Å². The number of rotatable bonds is 8. The Morgan fingerprint density at radius 1 is 0.919 bits per heavy atom. The number of aliphatic carboxylic acids is 1. The number of carbonyl (C=O) groups is 4. The fourth-order valence-corrected chi connectivity index (χ4v) is 3.46. The van der Waals surface area contributed by atoms with Gasteiger partial charge in [-0.25, -0.2) is 4.79 Å². The van der Waals surface area contributed by atoms with Crippen molar-refractivity contribution in [2.45, 2.75) is 13.1 Å². The van der Waals surface area contributed by atoms with Crippen LogP contribution >= 0.6 is 0 Å². The molecule has 0 aliphatic heterocycles. The van der Waals surface area contributed by atoms with E-state index in [9.17, 15) is 37.5 Å². The number of carboxylic acids is 1. The predicted molar refractivity (Wildman–Crippen MR) is 130 cm³/mol. The Balaban J connectivity index is 1.81. The van der Waals surface area contributed by atoms with E-state index in [-0.39, 0.29) is 16.8 Å². The van der Waals surface area contributed by atoms with Crippen molar-refractivity contribution < 1.29 is 37.5 Å². The van der Waals surface area contributed by atoms with Crippen LogP contribution in [0.2, 0.25) is 0 Å². The molecule has 0 fully saturated rings. The molecular formula is C26H22F3N3O5. The van der Waals surface area contributed by atoms with Crippen LogP contribution in [0.25, 0.3) is 0 Å². The minimum absolute atomic E-state index is 0.0688. The standard InChI is InChI=1S/C26H22F3N3O5/c1-16-5-4-6-19(13-16)31-25(37)30-14-22(33)32(15-23(34)35)21-8-3-2-7-20(21)24(36)17-9-11-18(12-10-17)26(27,28)29/h2-13H,14-15H2,1H3,(H,34,35)(H2,30,31,37). The van der Waals surface area contributed by atoms with E-state index >= 15 is 0 Å². The van der Waals surface area contributed by atoms with Crippen molar-refractivity contribution in [2.24, 2.45) is 0 Å². The van der Waals surface area contributed by atoms with E-state index in [4.69, 9.17) is 0 Å². The zero-order chi connectivity index (χ0) is 27.2. The van der Waals surface area contributed by atoms with Gasteiger partial charge in [-0.2, -0.15) is 13.2 Å². The summed E-state index contributed by atoms with van der Waals surface area (Å²) < 4.78 is 38.6. The summed E-state index contributed by atoms with van der Waals surface area (Å²) in [4.78, 5) is 50.6. The number of urea groups is 1. The van der Waals surface area contributed by atoms with Crippen molar-refractivity contribution in [2.75, 3.05) is 23.3 Å². The fourth-order valence-electron chi connectivity index (χ4n) is 3.46.